The van der Waals surface area contributed by atoms with Gasteiger partial charge in [0.1, 0.15) is 0 Å². The summed E-state index contributed by atoms with van der Waals surface area (Å²) < 4.78 is 5.77. The summed E-state index contributed by atoms with van der Waals surface area (Å²) in [5.74, 6) is 1.30. The van der Waals surface area contributed by atoms with Crippen molar-refractivity contribution in [2.45, 2.75) is 31.8 Å². The number of phenols is 1. The minimum Gasteiger partial charge on any atom is -0.503 e. The molecule has 3 N–H and O–H groups in total. The molecule has 1 unspecified atom stereocenters. The van der Waals surface area contributed by atoms with E-state index >= 15 is 0 Å². The van der Waals surface area contributed by atoms with Gasteiger partial charge in [0, 0.05) is 19.2 Å². The number of hydrogen-bond acceptors (Lipinski definition) is 4. The van der Waals surface area contributed by atoms with Gasteiger partial charge in [-0.25, -0.2) is 0 Å². The van der Waals surface area contributed by atoms with E-state index in [1.165, 1.54) is 20.0 Å². The first-order valence-corrected chi connectivity index (χ1v) is 7.34. The standard InChI is InChI=1S/C14H20BrNO3/c1-19-13-7-9(6-11(15)14(13)18)8-16-12(4-5-17)10-2-3-10/h6-7,10,12,16-18H,2-5,8H2,1H3. The Morgan fingerprint density at radius 2 is 2.21 bits per heavy atom. The van der Waals surface area contributed by atoms with Gasteiger partial charge in [-0.05, 0) is 58.8 Å². The van der Waals surface area contributed by atoms with Gasteiger partial charge in [-0.2, -0.15) is 0 Å². The first kappa shape index (κ1) is 14.6. The summed E-state index contributed by atoms with van der Waals surface area (Å²) >= 11 is 3.32. The fraction of sp³-hybridized carbons (Fsp3) is 0.571. The van der Waals surface area contributed by atoms with Crippen molar-refractivity contribution in [3.8, 4) is 11.5 Å². The van der Waals surface area contributed by atoms with Gasteiger partial charge in [0.05, 0.1) is 11.6 Å². The molecule has 0 spiro atoms. The lowest BCUT2D eigenvalue weighted by molar-refractivity contribution is 0.255. The van der Waals surface area contributed by atoms with Crippen molar-refractivity contribution < 1.29 is 14.9 Å². The molecule has 1 aromatic carbocycles. The van der Waals surface area contributed by atoms with Crippen LogP contribution in [0, 0.1) is 5.92 Å². The number of aliphatic hydroxyl groups excluding tert-OH is 1. The van der Waals surface area contributed by atoms with Crippen LogP contribution in [0.4, 0.5) is 0 Å². The normalized spacial score (nSPS) is 16.4. The van der Waals surface area contributed by atoms with Gasteiger partial charge in [0.25, 0.3) is 0 Å². The second-order valence-electron chi connectivity index (χ2n) is 4.97. The van der Waals surface area contributed by atoms with Crippen LogP contribution >= 0.6 is 15.9 Å². The number of aromatic hydroxyl groups is 1. The summed E-state index contributed by atoms with van der Waals surface area (Å²) in [6, 6.07) is 4.09. The van der Waals surface area contributed by atoms with Crippen molar-refractivity contribution in [3.05, 3.63) is 22.2 Å². The molecule has 1 aliphatic rings. The number of rotatable bonds is 7. The van der Waals surface area contributed by atoms with Gasteiger partial charge < -0.3 is 20.3 Å². The van der Waals surface area contributed by atoms with Crippen LogP contribution in [0.5, 0.6) is 11.5 Å². The summed E-state index contributed by atoms with van der Waals surface area (Å²) in [6.45, 7) is 0.924. The fourth-order valence-corrected chi connectivity index (χ4v) is 2.77. The number of phenolic OH excluding ortho intramolecular Hbond substituents is 1. The summed E-state index contributed by atoms with van der Waals surface area (Å²) in [5.41, 5.74) is 1.05. The molecule has 1 atom stereocenters. The van der Waals surface area contributed by atoms with E-state index in [2.05, 4.69) is 21.2 Å². The maximum atomic E-state index is 9.76. The van der Waals surface area contributed by atoms with E-state index in [9.17, 15) is 5.11 Å². The first-order chi connectivity index (χ1) is 9.15. The highest BCUT2D eigenvalue weighted by molar-refractivity contribution is 9.10. The molecule has 0 aliphatic heterocycles. The topological polar surface area (TPSA) is 61.7 Å². The lowest BCUT2D eigenvalue weighted by Gasteiger charge is -2.18. The molecule has 0 bridgehead atoms. The van der Waals surface area contributed by atoms with E-state index in [4.69, 9.17) is 9.84 Å². The predicted octanol–water partition coefficient (Wildman–Crippen LogP) is 2.41. The molecule has 0 radical (unpaired) electrons. The maximum Gasteiger partial charge on any atom is 0.172 e. The van der Waals surface area contributed by atoms with Gasteiger partial charge in [-0.1, -0.05) is 0 Å². The molecule has 5 heteroatoms. The highest BCUT2D eigenvalue weighted by atomic mass is 79.9. The average molecular weight is 330 g/mol. The second-order valence-corrected chi connectivity index (χ2v) is 5.82. The molecular weight excluding hydrogens is 310 g/mol. The van der Waals surface area contributed by atoms with Crippen LogP contribution in [-0.2, 0) is 6.54 Å². The molecule has 19 heavy (non-hydrogen) atoms. The van der Waals surface area contributed by atoms with Crippen molar-refractivity contribution >= 4 is 15.9 Å². The molecule has 1 saturated carbocycles. The Morgan fingerprint density at radius 1 is 1.47 bits per heavy atom. The molecule has 2 rings (SSSR count). The fourth-order valence-electron chi connectivity index (χ4n) is 2.28. The van der Waals surface area contributed by atoms with Gasteiger partial charge in [0.2, 0.25) is 0 Å². The van der Waals surface area contributed by atoms with Crippen LogP contribution < -0.4 is 10.1 Å². The third-order valence-electron chi connectivity index (χ3n) is 3.51. The van der Waals surface area contributed by atoms with Gasteiger partial charge in [0.15, 0.2) is 11.5 Å². The van der Waals surface area contributed by atoms with Gasteiger partial charge in [-0.3, -0.25) is 0 Å². The molecule has 0 saturated heterocycles. The molecule has 1 fully saturated rings. The molecule has 0 amide bonds. The Labute approximate surface area is 121 Å². The highest BCUT2D eigenvalue weighted by Crippen LogP contribution is 2.36. The van der Waals surface area contributed by atoms with Crippen LogP contribution in [0.15, 0.2) is 16.6 Å². The van der Waals surface area contributed by atoms with Crippen LogP contribution in [-0.4, -0.2) is 30.0 Å². The molecule has 4 nitrogen and oxygen atoms in total. The largest absolute Gasteiger partial charge is 0.503 e. The number of nitrogens with one attached hydrogen (secondary N) is 1. The molecule has 1 aromatic rings. The Morgan fingerprint density at radius 3 is 2.79 bits per heavy atom. The summed E-state index contributed by atoms with van der Waals surface area (Å²) in [6.07, 6.45) is 3.29. The van der Waals surface area contributed by atoms with E-state index in [1.54, 1.807) is 0 Å². The number of aliphatic hydroxyl groups is 1. The minimum absolute atomic E-state index is 0.125. The van der Waals surface area contributed by atoms with E-state index in [0.717, 1.165) is 12.0 Å². The quantitative estimate of drug-likeness (QED) is 0.719. The summed E-state index contributed by atoms with van der Waals surface area (Å²) in [5, 5.41) is 22.3. The number of benzene rings is 1. The Hall–Kier alpha value is -0.780. The van der Waals surface area contributed by atoms with Gasteiger partial charge >= 0.3 is 0 Å². The van der Waals surface area contributed by atoms with Crippen LogP contribution in [0.25, 0.3) is 0 Å². The smallest absolute Gasteiger partial charge is 0.172 e. The first-order valence-electron chi connectivity index (χ1n) is 6.55. The van der Waals surface area contributed by atoms with Crippen molar-refractivity contribution in [2.24, 2.45) is 5.92 Å². The van der Waals surface area contributed by atoms with E-state index < -0.39 is 0 Å². The number of ether oxygens (including phenoxy) is 1. The number of halogens is 1. The van der Waals surface area contributed by atoms with Crippen LogP contribution in [0.1, 0.15) is 24.8 Å². The Kier molecular flexibility index (Phi) is 5.07. The highest BCUT2D eigenvalue weighted by Gasteiger charge is 2.30. The zero-order valence-corrected chi connectivity index (χ0v) is 12.6. The third kappa shape index (κ3) is 3.84. The van der Waals surface area contributed by atoms with Gasteiger partial charge in [-0.15, -0.1) is 0 Å². The lowest BCUT2D eigenvalue weighted by atomic mass is 10.1. The summed E-state index contributed by atoms with van der Waals surface area (Å²) in [7, 11) is 1.54. The van der Waals surface area contributed by atoms with Crippen molar-refractivity contribution in [1.29, 1.82) is 0 Å². The van der Waals surface area contributed by atoms with E-state index in [-0.39, 0.29) is 12.4 Å². The minimum atomic E-state index is 0.125. The monoisotopic (exact) mass is 329 g/mol. The molecule has 0 heterocycles. The third-order valence-corrected chi connectivity index (χ3v) is 4.11. The van der Waals surface area contributed by atoms with Crippen LogP contribution in [0.2, 0.25) is 0 Å². The lowest BCUT2D eigenvalue weighted by Crippen LogP contribution is -2.31. The van der Waals surface area contributed by atoms with Crippen LogP contribution in [0.3, 0.4) is 0 Å². The number of methoxy groups -OCH3 is 1. The maximum absolute atomic E-state index is 9.76. The zero-order valence-electron chi connectivity index (χ0n) is 11.0. The van der Waals surface area contributed by atoms with Crippen molar-refractivity contribution in [2.75, 3.05) is 13.7 Å². The van der Waals surface area contributed by atoms with E-state index in [0.29, 0.717) is 28.7 Å². The average Bonchev–Trinajstić information content (AvgIpc) is 3.22. The van der Waals surface area contributed by atoms with Crippen molar-refractivity contribution in [3.63, 3.8) is 0 Å². The van der Waals surface area contributed by atoms with E-state index in [1.807, 2.05) is 12.1 Å². The zero-order chi connectivity index (χ0) is 13.8. The van der Waals surface area contributed by atoms with Crippen molar-refractivity contribution in [1.82, 2.24) is 5.32 Å². The predicted molar refractivity (Wildman–Crippen MR) is 77.4 cm³/mol. The second kappa shape index (κ2) is 6.59. The molecule has 106 valence electrons. The molecule has 0 aromatic heterocycles. The SMILES string of the molecule is COc1cc(CNC(CCO)C2CC2)cc(Br)c1O. The molecule has 1 aliphatic carbocycles. The Balaban J connectivity index is 2.00. The summed E-state index contributed by atoms with van der Waals surface area (Å²) in [4.78, 5) is 0. The Bertz CT molecular complexity index is 435. The molecular formula is C14H20BrNO3. The number of hydrogen-bond donors (Lipinski definition) is 3.